The Balaban J connectivity index is 2.41. The van der Waals surface area contributed by atoms with Crippen LogP contribution in [-0.2, 0) is 14.3 Å². The number of halogens is 1. The Morgan fingerprint density at radius 2 is 2.14 bits per heavy atom. The van der Waals surface area contributed by atoms with Crippen LogP contribution in [0.5, 0.6) is 5.75 Å². The molecule has 1 aromatic carbocycles. The van der Waals surface area contributed by atoms with Crippen LogP contribution in [0.4, 0.5) is 5.69 Å². The second kappa shape index (κ2) is 6.57. The lowest BCUT2D eigenvalue weighted by Gasteiger charge is -2.36. The van der Waals surface area contributed by atoms with Crippen molar-refractivity contribution in [2.24, 2.45) is 5.92 Å². The lowest BCUT2D eigenvalue weighted by atomic mass is 10.0. The molecule has 0 saturated carbocycles. The van der Waals surface area contributed by atoms with Gasteiger partial charge < -0.3 is 14.4 Å². The zero-order valence-corrected chi connectivity index (χ0v) is 13.9. The summed E-state index contributed by atoms with van der Waals surface area (Å²) in [6, 6.07) is 3.64. The topological polar surface area (TPSA) is 55.8 Å². The van der Waals surface area contributed by atoms with Crippen molar-refractivity contribution in [2.45, 2.75) is 33.3 Å². The average molecular weight is 326 g/mol. The molecule has 22 heavy (non-hydrogen) atoms. The fourth-order valence-corrected chi connectivity index (χ4v) is 2.75. The molecule has 1 aromatic rings. The number of hydrogen-bond donors (Lipinski definition) is 0. The van der Waals surface area contributed by atoms with Crippen LogP contribution in [0.1, 0.15) is 25.8 Å². The summed E-state index contributed by atoms with van der Waals surface area (Å²) < 4.78 is 10.5. The molecule has 0 saturated heterocycles. The highest BCUT2D eigenvalue weighted by Crippen LogP contribution is 2.42. The molecule has 6 heteroatoms. The second-order valence-electron chi connectivity index (χ2n) is 5.69. The van der Waals surface area contributed by atoms with E-state index in [1.807, 2.05) is 26.8 Å². The lowest BCUT2D eigenvalue weighted by Crippen LogP contribution is -2.49. The Hall–Kier alpha value is -1.75. The molecule has 0 radical (unpaired) electrons. The van der Waals surface area contributed by atoms with E-state index in [9.17, 15) is 9.59 Å². The summed E-state index contributed by atoms with van der Waals surface area (Å²) in [6.45, 7) is 5.96. The molecule has 0 aromatic heterocycles. The van der Waals surface area contributed by atoms with Gasteiger partial charge in [0.1, 0.15) is 0 Å². The number of amides is 1. The normalized spacial score (nSPS) is 17.3. The van der Waals surface area contributed by atoms with Crippen molar-refractivity contribution in [1.82, 2.24) is 0 Å². The molecular weight excluding hydrogens is 306 g/mol. The average Bonchev–Trinajstić information content (AvgIpc) is 2.45. The smallest absolute Gasteiger partial charge is 0.307 e. The third-order valence-electron chi connectivity index (χ3n) is 3.59. The van der Waals surface area contributed by atoms with E-state index in [1.54, 1.807) is 11.0 Å². The van der Waals surface area contributed by atoms with Gasteiger partial charge in [0.05, 0.1) is 24.2 Å². The Bertz CT molecular complexity index is 600. The molecule has 1 amide bonds. The molecule has 1 atom stereocenters. The van der Waals surface area contributed by atoms with Crippen LogP contribution in [0.2, 0.25) is 5.02 Å². The van der Waals surface area contributed by atoms with Crippen LogP contribution < -0.4 is 9.64 Å². The fraction of sp³-hybridized carbons (Fsp3) is 0.500. The molecule has 0 N–H and O–H groups in total. The summed E-state index contributed by atoms with van der Waals surface area (Å²) in [5.74, 6) is -0.0252. The summed E-state index contributed by atoms with van der Waals surface area (Å²) >= 11 is 6.27. The number of methoxy groups -OCH3 is 1. The van der Waals surface area contributed by atoms with Crippen LogP contribution >= 0.6 is 11.6 Å². The van der Waals surface area contributed by atoms with E-state index in [1.165, 1.54) is 7.11 Å². The highest BCUT2D eigenvalue weighted by Gasteiger charge is 2.37. The molecule has 0 fully saturated rings. The Morgan fingerprint density at radius 3 is 2.73 bits per heavy atom. The van der Waals surface area contributed by atoms with Crippen molar-refractivity contribution in [3.63, 3.8) is 0 Å². The standard InChI is InChI=1S/C16H20ClNO4/c1-9(2)14-16(20)18(6-5-13(19)21-4)12-8-10(3)7-11(17)15(12)22-14/h7-9,14H,5-6H2,1-4H3/t14-/m1/s1. The van der Waals surface area contributed by atoms with Crippen molar-refractivity contribution >= 4 is 29.2 Å². The maximum atomic E-state index is 12.7. The van der Waals surface area contributed by atoms with Gasteiger partial charge in [-0.15, -0.1) is 0 Å². The molecule has 0 spiro atoms. The maximum absolute atomic E-state index is 12.7. The lowest BCUT2D eigenvalue weighted by molar-refractivity contribution is -0.140. The minimum Gasteiger partial charge on any atom is -0.477 e. The van der Waals surface area contributed by atoms with E-state index >= 15 is 0 Å². The highest BCUT2D eigenvalue weighted by molar-refractivity contribution is 6.33. The summed E-state index contributed by atoms with van der Waals surface area (Å²) in [7, 11) is 1.33. The van der Waals surface area contributed by atoms with Crippen LogP contribution in [0.25, 0.3) is 0 Å². The number of ether oxygens (including phenoxy) is 2. The molecule has 1 aliphatic heterocycles. The minimum atomic E-state index is -0.606. The molecule has 0 unspecified atom stereocenters. The van der Waals surface area contributed by atoms with Crippen LogP contribution in [0, 0.1) is 12.8 Å². The van der Waals surface area contributed by atoms with Gasteiger partial charge >= 0.3 is 5.97 Å². The van der Waals surface area contributed by atoms with E-state index in [4.69, 9.17) is 16.3 Å². The predicted octanol–water partition coefficient (Wildman–Crippen LogP) is 2.96. The van der Waals surface area contributed by atoms with E-state index in [2.05, 4.69) is 4.74 Å². The van der Waals surface area contributed by atoms with Crippen LogP contribution in [0.15, 0.2) is 12.1 Å². The molecule has 0 aliphatic carbocycles. The molecule has 0 bridgehead atoms. The van der Waals surface area contributed by atoms with Gasteiger partial charge in [-0.1, -0.05) is 25.4 Å². The summed E-state index contributed by atoms with van der Waals surface area (Å²) in [6.07, 6.45) is -0.483. The highest BCUT2D eigenvalue weighted by atomic mass is 35.5. The molecule has 1 heterocycles. The third-order valence-corrected chi connectivity index (χ3v) is 3.87. The minimum absolute atomic E-state index is 0.00125. The number of anilines is 1. The van der Waals surface area contributed by atoms with Gasteiger partial charge in [0.25, 0.3) is 5.91 Å². The number of fused-ring (bicyclic) bond motifs is 1. The number of esters is 1. The van der Waals surface area contributed by atoms with Gasteiger partial charge in [-0.2, -0.15) is 0 Å². The summed E-state index contributed by atoms with van der Waals surface area (Å²) in [5, 5.41) is 0.469. The zero-order chi connectivity index (χ0) is 16.4. The predicted molar refractivity (Wildman–Crippen MR) is 84.4 cm³/mol. The fourth-order valence-electron chi connectivity index (χ4n) is 2.43. The van der Waals surface area contributed by atoms with Gasteiger partial charge in [-0.25, -0.2) is 0 Å². The third kappa shape index (κ3) is 3.19. The van der Waals surface area contributed by atoms with Crippen LogP contribution in [0.3, 0.4) is 0 Å². The number of nitrogens with zero attached hydrogens (tertiary/aromatic N) is 1. The second-order valence-corrected chi connectivity index (χ2v) is 6.10. The number of carbonyl (C=O) groups is 2. The van der Waals surface area contributed by atoms with Gasteiger partial charge in [0.15, 0.2) is 11.9 Å². The van der Waals surface area contributed by atoms with Gasteiger partial charge in [-0.05, 0) is 30.5 Å². The van der Waals surface area contributed by atoms with E-state index in [0.29, 0.717) is 16.5 Å². The molecule has 5 nitrogen and oxygen atoms in total. The number of hydrogen-bond acceptors (Lipinski definition) is 4. The van der Waals surface area contributed by atoms with Crippen molar-refractivity contribution in [3.8, 4) is 5.75 Å². The monoisotopic (exact) mass is 325 g/mol. The SMILES string of the molecule is COC(=O)CCN1C(=O)[C@@H](C(C)C)Oc2c(Cl)cc(C)cc21. The van der Waals surface area contributed by atoms with Crippen molar-refractivity contribution in [1.29, 1.82) is 0 Å². The maximum Gasteiger partial charge on any atom is 0.307 e. The zero-order valence-electron chi connectivity index (χ0n) is 13.2. The van der Waals surface area contributed by atoms with E-state index < -0.39 is 6.10 Å². The Kier molecular flexibility index (Phi) is 4.96. The number of carbonyl (C=O) groups excluding carboxylic acids is 2. The summed E-state index contributed by atoms with van der Waals surface area (Å²) in [5.41, 5.74) is 1.53. The van der Waals surface area contributed by atoms with E-state index in [0.717, 1.165) is 5.56 Å². The van der Waals surface area contributed by atoms with Crippen molar-refractivity contribution in [2.75, 3.05) is 18.6 Å². The largest absolute Gasteiger partial charge is 0.477 e. The molecule has 1 aliphatic rings. The van der Waals surface area contributed by atoms with Gasteiger partial charge in [0.2, 0.25) is 0 Å². The summed E-state index contributed by atoms with van der Waals surface area (Å²) in [4.78, 5) is 25.6. The Morgan fingerprint density at radius 1 is 1.45 bits per heavy atom. The first-order valence-electron chi connectivity index (χ1n) is 7.20. The number of rotatable bonds is 4. The number of aryl methyl sites for hydroxylation is 1. The first-order chi connectivity index (χ1) is 10.3. The van der Waals surface area contributed by atoms with E-state index in [-0.39, 0.29) is 30.8 Å². The quantitative estimate of drug-likeness (QED) is 0.799. The van der Waals surface area contributed by atoms with Gasteiger partial charge in [-0.3, -0.25) is 9.59 Å². The van der Waals surface area contributed by atoms with Crippen molar-refractivity contribution < 1.29 is 19.1 Å². The van der Waals surface area contributed by atoms with Gasteiger partial charge in [0, 0.05) is 6.54 Å². The Labute approximate surface area is 135 Å². The first kappa shape index (κ1) is 16.6. The molecule has 120 valence electrons. The molecule has 2 rings (SSSR count). The number of benzene rings is 1. The first-order valence-corrected chi connectivity index (χ1v) is 7.58. The van der Waals surface area contributed by atoms with Crippen molar-refractivity contribution in [3.05, 3.63) is 22.7 Å². The van der Waals surface area contributed by atoms with Crippen LogP contribution in [-0.4, -0.2) is 31.6 Å². The molecular formula is C16H20ClNO4.